The lowest BCUT2D eigenvalue weighted by Gasteiger charge is -2.32. The monoisotopic (exact) mass is 373 g/mol. The fourth-order valence-electron chi connectivity index (χ4n) is 2.13. The van der Waals surface area contributed by atoms with Gasteiger partial charge in [-0.15, -0.1) is 0 Å². The first kappa shape index (κ1) is 14.7. The average Bonchev–Trinajstić information content (AvgIpc) is 2.41. The van der Waals surface area contributed by atoms with Crippen molar-refractivity contribution in [1.29, 1.82) is 0 Å². The van der Waals surface area contributed by atoms with Gasteiger partial charge in [-0.25, -0.2) is 0 Å². The van der Waals surface area contributed by atoms with E-state index in [-0.39, 0.29) is 5.91 Å². The van der Waals surface area contributed by atoms with Crippen molar-refractivity contribution >= 4 is 28.5 Å². The molecule has 2 rings (SSSR count). The summed E-state index contributed by atoms with van der Waals surface area (Å²) < 4.78 is 1.09. The minimum absolute atomic E-state index is 0.0210. The summed E-state index contributed by atoms with van der Waals surface area (Å²) in [7, 11) is 2.15. The summed E-state index contributed by atoms with van der Waals surface area (Å²) in [5, 5.41) is 2.99. The van der Waals surface area contributed by atoms with Gasteiger partial charge in [0.15, 0.2) is 0 Å². The molecule has 1 aromatic carbocycles. The van der Waals surface area contributed by atoms with Gasteiger partial charge in [-0.2, -0.15) is 0 Å². The van der Waals surface area contributed by atoms with E-state index in [9.17, 15) is 4.79 Å². The summed E-state index contributed by atoms with van der Waals surface area (Å²) in [5.41, 5.74) is 0.741. The average molecular weight is 373 g/mol. The van der Waals surface area contributed by atoms with Crippen LogP contribution in [0.15, 0.2) is 24.3 Å². The number of piperazine rings is 1. The molecule has 1 heterocycles. The fourth-order valence-corrected chi connectivity index (χ4v) is 2.67. The van der Waals surface area contributed by atoms with Crippen molar-refractivity contribution in [3.8, 4) is 0 Å². The molecule has 5 heteroatoms. The minimum atomic E-state index is 0.0210. The molecular formula is C14H20IN3O. The molecular weight excluding hydrogens is 353 g/mol. The van der Waals surface area contributed by atoms with Crippen LogP contribution in [0.1, 0.15) is 10.4 Å². The maximum atomic E-state index is 11.9. The van der Waals surface area contributed by atoms with Crippen LogP contribution in [0.25, 0.3) is 0 Å². The lowest BCUT2D eigenvalue weighted by Crippen LogP contribution is -2.46. The number of halogens is 1. The molecule has 0 aliphatic carbocycles. The maximum Gasteiger partial charge on any atom is 0.251 e. The van der Waals surface area contributed by atoms with Gasteiger partial charge in [0.05, 0.1) is 0 Å². The van der Waals surface area contributed by atoms with E-state index in [0.717, 1.165) is 41.9 Å². The number of hydrogen-bond acceptors (Lipinski definition) is 3. The van der Waals surface area contributed by atoms with E-state index in [4.69, 9.17) is 0 Å². The van der Waals surface area contributed by atoms with Gasteiger partial charge in [0.25, 0.3) is 5.91 Å². The molecule has 0 saturated carbocycles. The number of carbonyl (C=O) groups excluding carboxylic acids is 1. The molecule has 0 spiro atoms. The number of nitrogens with one attached hydrogen (secondary N) is 1. The van der Waals surface area contributed by atoms with Crippen LogP contribution in [-0.4, -0.2) is 62.0 Å². The third kappa shape index (κ3) is 4.74. The van der Waals surface area contributed by atoms with Crippen LogP contribution in [0.4, 0.5) is 0 Å². The molecule has 1 fully saturated rings. The zero-order valence-electron chi connectivity index (χ0n) is 11.2. The second kappa shape index (κ2) is 7.21. The number of rotatable bonds is 4. The SMILES string of the molecule is CN1CCN(CCNC(=O)c2cccc(I)c2)CC1. The van der Waals surface area contributed by atoms with Crippen molar-refractivity contribution in [3.63, 3.8) is 0 Å². The van der Waals surface area contributed by atoms with Crippen LogP contribution in [0, 0.1) is 3.57 Å². The van der Waals surface area contributed by atoms with E-state index < -0.39 is 0 Å². The zero-order valence-corrected chi connectivity index (χ0v) is 13.4. The normalized spacial score (nSPS) is 17.4. The quantitative estimate of drug-likeness (QED) is 0.808. The molecule has 1 N–H and O–H groups in total. The molecule has 1 aliphatic heterocycles. The van der Waals surface area contributed by atoms with Crippen molar-refractivity contribution in [2.45, 2.75) is 0 Å². The second-order valence-corrected chi connectivity index (χ2v) is 6.16. The van der Waals surface area contributed by atoms with E-state index in [0.29, 0.717) is 6.54 Å². The van der Waals surface area contributed by atoms with Gasteiger partial charge < -0.3 is 10.2 Å². The summed E-state index contributed by atoms with van der Waals surface area (Å²) in [4.78, 5) is 16.7. The molecule has 0 aromatic heterocycles. The zero-order chi connectivity index (χ0) is 13.7. The Morgan fingerprint density at radius 1 is 1.32 bits per heavy atom. The van der Waals surface area contributed by atoms with E-state index in [1.54, 1.807) is 0 Å². The van der Waals surface area contributed by atoms with E-state index in [1.165, 1.54) is 0 Å². The number of hydrogen-bond donors (Lipinski definition) is 1. The van der Waals surface area contributed by atoms with Crippen LogP contribution < -0.4 is 5.32 Å². The van der Waals surface area contributed by atoms with Crippen LogP contribution >= 0.6 is 22.6 Å². The lowest BCUT2D eigenvalue weighted by molar-refractivity contribution is 0.0941. The van der Waals surface area contributed by atoms with Gasteiger partial charge in [-0.3, -0.25) is 9.69 Å². The number of likely N-dealkylation sites (N-methyl/N-ethyl adjacent to an activating group) is 1. The van der Waals surface area contributed by atoms with Crippen molar-refractivity contribution in [3.05, 3.63) is 33.4 Å². The van der Waals surface area contributed by atoms with Crippen molar-refractivity contribution in [2.24, 2.45) is 0 Å². The summed E-state index contributed by atoms with van der Waals surface area (Å²) in [6.45, 7) is 6.07. The largest absolute Gasteiger partial charge is 0.351 e. The summed E-state index contributed by atoms with van der Waals surface area (Å²) in [6.07, 6.45) is 0. The van der Waals surface area contributed by atoms with Gasteiger partial charge in [-0.1, -0.05) is 6.07 Å². The van der Waals surface area contributed by atoms with Gasteiger partial charge in [0.1, 0.15) is 0 Å². The molecule has 1 aliphatic rings. The van der Waals surface area contributed by atoms with Gasteiger partial charge in [0, 0.05) is 48.4 Å². The summed E-state index contributed by atoms with van der Waals surface area (Å²) in [5.74, 6) is 0.0210. The van der Waals surface area contributed by atoms with Crippen LogP contribution in [-0.2, 0) is 0 Å². The highest BCUT2D eigenvalue weighted by Gasteiger charge is 2.13. The van der Waals surface area contributed by atoms with Crippen molar-refractivity contribution in [1.82, 2.24) is 15.1 Å². The first-order chi connectivity index (χ1) is 9.15. The molecule has 104 valence electrons. The van der Waals surface area contributed by atoms with Gasteiger partial charge >= 0.3 is 0 Å². The molecule has 0 bridgehead atoms. The third-order valence-corrected chi connectivity index (χ3v) is 4.07. The van der Waals surface area contributed by atoms with Gasteiger partial charge in [-0.05, 0) is 47.8 Å². The highest BCUT2D eigenvalue weighted by Crippen LogP contribution is 2.07. The molecule has 1 aromatic rings. The topological polar surface area (TPSA) is 35.6 Å². The Bertz CT molecular complexity index is 430. The Balaban J connectivity index is 1.72. The lowest BCUT2D eigenvalue weighted by atomic mass is 10.2. The minimum Gasteiger partial charge on any atom is -0.351 e. The number of benzene rings is 1. The Hall–Kier alpha value is -0.660. The standard InChI is InChI=1S/C14H20IN3O/c1-17-7-9-18(10-8-17)6-5-16-14(19)12-3-2-4-13(15)11-12/h2-4,11H,5-10H2,1H3,(H,16,19). The number of carbonyl (C=O) groups is 1. The van der Waals surface area contributed by atoms with E-state index in [2.05, 4.69) is 44.8 Å². The van der Waals surface area contributed by atoms with E-state index in [1.807, 2.05) is 24.3 Å². The highest BCUT2D eigenvalue weighted by atomic mass is 127. The van der Waals surface area contributed by atoms with Crippen molar-refractivity contribution in [2.75, 3.05) is 46.3 Å². The third-order valence-electron chi connectivity index (χ3n) is 3.40. The van der Waals surface area contributed by atoms with Crippen LogP contribution in [0.2, 0.25) is 0 Å². The Morgan fingerprint density at radius 2 is 2.05 bits per heavy atom. The molecule has 0 atom stereocenters. The Morgan fingerprint density at radius 3 is 2.74 bits per heavy atom. The fraction of sp³-hybridized carbons (Fsp3) is 0.500. The molecule has 4 nitrogen and oxygen atoms in total. The summed E-state index contributed by atoms with van der Waals surface area (Å²) in [6, 6.07) is 7.66. The smallest absolute Gasteiger partial charge is 0.251 e. The second-order valence-electron chi connectivity index (χ2n) is 4.91. The van der Waals surface area contributed by atoms with Gasteiger partial charge in [0.2, 0.25) is 0 Å². The van der Waals surface area contributed by atoms with E-state index >= 15 is 0 Å². The predicted molar refractivity (Wildman–Crippen MR) is 85.4 cm³/mol. The first-order valence-electron chi connectivity index (χ1n) is 6.60. The van der Waals surface area contributed by atoms with Crippen molar-refractivity contribution < 1.29 is 4.79 Å². The Labute approximate surface area is 128 Å². The molecule has 0 radical (unpaired) electrons. The molecule has 0 unspecified atom stereocenters. The van der Waals surface area contributed by atoms with Crippen LogP contribution in [0.5, 0.6) is 0 Å². The molecule has 1 amide bonds. The first-order valence-corrected chi connectivity index (χ1v) is 7.68. The van der Waals surface area contributed by atoms with Crippen LogP contribution in [0.3, 0.4) is 0 Å². The number of amides is 1. The maximum absolute atomic E-state index is 11.9. The number of nitrogens with zero attached hydrogens (tertiary/aromatic N) is 2. The highest BCUT2D eigenvalue weighted by molar-refractivity contribution is 14.1. The predicted octanol–water partition coefficient (Wildman–Crippen LogP) is 1.27. The summed E-state index contributed by atoms with van der Waals surface area (Å²) >= 11 is 2.22. The molecule has 19 heavy (non-hydrogen) atoms. The molecule has 1 saturated heterocycles. The Kier molecular flexibility index (Phi) is 5.59.